The van der Waals surface area contributed by atoms with Crippen molar-refractivity contribution in [2.45, 2.75) is 52.7 Å². The SMILES string of the molecule is CCC(CC)C(O)C(O)c1ccc(C)c(C)c1. The fourth-order valence-corrected chi connectivity index (χ4v) is 2.18. The monoisotopic (exact) mass is 236 g/mol. The van der Waals surface area contributed by atoms with Gasteiger partial charge in [0.2, 0.25) is 0 Å². The second kappa shape index (κ2) is 6.18. The standard InChI is InChI=1S/C15H24O2/c1-5-12(6-2)14(16)15(17)13-8-7-10(3)11(4)9-13/h7-9,12,14-17H,5-6H2,1-4H3. The first-order valence-electron chi connectivity index (χ1n) is 6.44. The van der Waals surface area contributed by atoms with Crippen LogP contribution in [0, 0.1) is 19.8 Å². The highest BCUT2D eigenvalue weighted by Gasteiger charge is 2.25. The third kappa shape index (κ3) is 3.30. The molecule has 2 N–H and O–H groups in total. The predicted octanol–water partition coefficient (Wildman–Crippen LogP) is 3.13. The number of hydrogen-bond acceptors (Lipinski definition) is 2. The van der Waals surface area contributed by atoms with Crippen LogP contribution in [0.3, 0.4) is 0 Å². The lowest BCUT2D eigenvalue weighted by molar-refractivity contribution is -0.0209. The Balaban J connectivity index is 2.87. The van der Waals surface area contributed by atoms with Crippen LogP contribution >= 0.6 is 0 Å². The molecule has 0 aliphatic heterocycles. The van der Waals surface area contributed by atoms with Gasteiger partial charge in [-0.25, -0.2) is 0 Å². The highest BCUT2D eigenvalue weighted by atomic mass is 16.3. The van der Waals surface area contributed by atoms with Crippen molar-refractivity contribution in [3.63, 3.8) is 0 Å². The normalized spacial score (nSPS) is 15.0. The topological polar surface area (TPSA) is 40.5 Å². The third-order valence-corrected chi connectivity index (χ3v) is 3.73. The van der Waals surface area contributed by atoms with Gasteiger partial charge in [-0.15, -0.1) is 0 Å². The van der Waals surface area contributed by atoms with Crippen LogP contribution in [0.2, 0.25) is 0 Å². The highest BCUT2D eigenvalue weighted by Crippen LogP contribution is 2.26. The summed E-state index contributed by atoms with van der Waals surface area (Å²) in [4.78, 5) is 0. The first kappa shape index (κ1) is 14.2. The Bertz CT molecular complexity index is 356. The van der Waals surface area contributed by atoms with Gasteiger partial charge in [0.25, 0.3) is 0 Å². The van der Waals surface area contributed by atoms with Gasteiger partial charge in [0.05, 0.1) is 6.10 Å². The predicted molar refractivity (Wildman–Crippen MR) is 71.0 cm³/mol. The van der Waals surface area contributed by atoms with Crippen LogP contribution in [0.4, 0.5) is 0 Å². The lowest BCUT2D eigenvalue weighted by atomic mass is 9.89. The Kier molecular flexibility index (Phi) is 5.16. The molecule has 0 aromatic heterocycles. The zero-order chi connectivity index (χ0) is 13.0. The van der Waals surface area contributed by atoms with Gasteiger partial charge in [-0.1, -0.05) is 44.9 Å². The summed E-state index contributed by atoms with van der Waals surface area (Å²) in [7, 11) is 0. The molecule has 2 atom stereocenters. The summed E-state index contributed by atoms with van der Waals surface area (Å²) in [6.07, 6.45) is 0.324. The van der Waals surface area contributed by atoms with E-state index in [0.29, 0.717) is 0 Å². The molecule has 17 heavy (non-hydrogen) atoms. The summed E-state index contributed by atoms with van der Waals surface area (Å²) >= 11 is 0. The van der Waals surface area contributed by atoms with Gasteiger partial charge in [0, 0.05) is 0 Å². The minimum atomic E-state index is -0.779. The summed E-state index contributed by atoms with van der Waals surface area (Å²) in [6.45, 7) is 8.16. The van der Waals surface area contributed by atoms with Crippen molar-refractivity contribution in [3.8, 4) is 0 Å². The molecule has 0 aliphatic carbocycles. The van der Waals surface area contributed by atoms with E-state index in [2.05, 4.69) is 0 Å². The van der Waals surface area contributed by atoms with Crippen LogP contribution in [-0.2, 0) is 0 Å². The Morgan fingerprint density at radius 3 is 2.06 bits per heavy atom. The van der Waals surface area contributed by atoms with E-state index in [0.717, 1.165) is 24.0 Å². The van der Waals surface area contributed by atoms with Gasteiger partial charge in [-0.3, -0.25) is 0 Å². The number of rotatable bonds is 5. The highest BCUT2D eigenvalue weighted by molar-refractivity contribution is 5.31. The molecule has 0 saturated heterocycles. The third-order valence-electron chi connectivity index (χ3n) is 3.73. The minimum Gasteiger partial charge on any atom is -0.390 e. The maximum Gasteiger partial charge on any atom is 0.105 e. The fraction of sp³-hybridized carbons (Fsp3) is 0.600. The van der Waals surface area contributed by atoms with Gasteiger partial charge < -0.3 is 10.2 Å². The van der Waals surface area contributed by atoms with Gasteiger partial charge >= 0.3 is 0 Å². The Morgan fingerprint density at radius 2 is 1.59 bits per heavy atom. The summed E-state index contributed by atoms with van der Waals surface area (Å²) in [5.74, 6) is 0.159. The molecule has 1 aromatic carbocycles. The first-order valence-corrected chi connectivity index (χ1v) is 6.44. The van der Waals surface area contributed by atoms with E-state index in [1.807, 2.05) is 45.9 Å². The largest absolute Gasteiger partial charge is 0.390 e. The maximum absolute atomic E-state index is 10.2. The number of hydrogen-bond donors (Lipinski definition) is 2. The molecule has 0 amide bonds. The number of aliphatic hydroxyl groups excluding tert-OH is 2. The maximum atomic E-state index is 10.2. The van der Waals surface area contributed by atoms with Crippen LogP contribution in [0.5, 0.6) is 0 Å². The van der Waals surface area contributed by atoms with Crippen LogP contribution in [0.1, 0.15) is 49.5 Å². The van der Waals surface area contributed by atoms with Crippen molar-refractivity contribution < 1.29 is 10.2 Å². The van der Waals surface area contributed by atoms with Gasteiger partial charge in [-0.2, -0.15) is 0 Å². The van der Waals surface area contributed by atoms with Crippen LogP contribution in [0.25, 0.3) is 0 Å². The second-order valence-corrected chi connectivity index (χ2v) is 4.86. The van der Waals surface area contributed by atoms with E-state index < -0.39 is 12.2 Å². The van der Waals surface area contributed by atoms with E-state index in [1.54, 1.807) is 0 Å². The van der Waals surface area contributed by atoms with Crippen molar-refractivity contribution in [3.05, 3.63) is 34.9 Å². The molecular weight excluding hydrogens is 212 g/mol. The number of aryl methyl sites for hydroxylation is 2. The Hall–Kier alpha value is -0.860. The zero-order valence-electron chi connectivity index (χ0n) is 11.3. The molecule has 0 aliphatic rings. The van der Waals surface area contributed by atoms with E-state index in [9.17, 15) is 10.2 Å². The minimum absolute atomic E-state index is 0.159. The van der Waals surface area contributed by atoms with Crippen molar-refractivity contribution in [2.75, 3.05) is 0 Å². The Labute approximate surface area is 104 Å². The lowest BCUT2D eigenvalue weighted by Crippen LogP contribution is -2.27. The summed E-state index contributed by atoms with van der Waals surface area (Å²) in [5, 5.41) is 20.3. The Morgan fingerprint density at radius 1 is 1.00 bits per heavy atom. The molecule has 2 unspecified atom stereocenters. The lowest BCUT2D eigenvalue weighted by Gasteiger charge is -2.25. The molecule has 0 heterocycles. The zero-order valence-corrected chi connectivity index (χ0v) is 11.3. The van der Waals surface area contributed by atoms with E-state index in [-0.39, 0.29) is 5.92 Å². The number of benzene rings is 1. The molecule has 96 valence electrons. The van der Waals surface area contributed by atoms with Crippen molar-refractivity contribution >= 4 is 0 Å². The van der Waals surface area contributed by atoms with Crippen LogP contribution < -0.4 is 0 Å². The van der Waals surface area contributed by atoms with Crippen LogP contribution in [-0.4, -0.2) is 16.3 Å². The van der Waals surface area contributed by atoms with Crippen molar-refractivity contribution in [1.82, 2.24) is 0 Å². The van der Waals surface area contributed by atoms with Crippen LogP contribution in [0.15, 0.2) is 18.2 Å². The van der Waals surface area contributed by atoms with Gasteiger partial charge in [-0.05, 0) is 36.5 Å². The fourth-order valence-electron chi connectivity index (χ4n) is 2.18. The van der Waals surface area contributed by atoms with Crippen molar-refractivity contribution in [2.24, 2.45) is 5.92 Å². The molecule has 0 fully saturated rings. The molecule has 0 bridgehead atoms. The first-order chi connectivity index (χ1) is 8.01. The molecule has 0 saturated carbocycles. The summed E-state index contributed by atoms with van der Waals surface area (Å²) in [6, 6.07) is 5.86. The molecule has 1 rings (SSSR count). The van der Waals surface area contributed by atoms with Gasteiger partial charge in [0.15, 0.2) is 0 Å². The second-order valence-electron chi connectivity index (χ2n) is 4.86. The summed E-state index contributed by atoms with van der Waals surface area (Å²) in [5.41, 5.74) is 3.17. The molecular formula is C15H24O2. The number of aliphatic hydroxyl groups is 2. The molecule has 0 radical (unpaired) electrons. The molecule has 0 spiro atoms. The van der Waals surface area contributed by atoms with E-state index >= 15 is 0 Å². The molecule has 2 nitrogen and oxygen atoms in total. The molecule has 2 heteroatoms. The van der Waals surface area contributed by atoms with E-state index in [1.165, 1.54) is 5.56 Å². The van der Waals surface area contributed by atoms with Gasteiger partial charge in [0.1, 0.15) is 6.10 Å². The smallest absolute Gasteiger partial charge is 0.105 e. The average Bonchev–Trinajstić information content (AvgIpc) is 2.33. The summed E-state index contributed by atoms with van der Waals surface area (Å²) < 4.78 is 0. The quantitative estimate of drug-likeness (QED) is 0.824. The van der Waals surface area contributed by atoms with E-state index in [4.69, 9.17) is 0 Å². The average molecular weight is 236 g/mol. The molecule has 1 aromatic rings. The van der Waals surface area contributed by atoms with Crippen molar-refractivity contribution in [1.29, 1.82) is 0 Å².